The number of hydrogen-bond acceptors (Lipinski definition) is 2. The van der Waals surface area contributed by atoms with Gasteiger partial charge in [-0.1, -0.05) is 86.0 Å². The molecule has 0 amide bonds. The lowest BCUT2D eigenvalue weighted by Crippen LogP contribution is -2.44. The summed E-state index contributed by atoms with van der Waals surface area (Å²) in [6, 6.07) is 11.1. The zero-order valence-electron chi connectivity index (χ0n) is 28.4. The van der Waals surface area contributed by atoms with Crippen LogP contribution in [0.25, 0.3) is 22.3 Å². The first-order valence-electron chi connectivity index (χ1n) is 17.7. The maximum Gasteiger partial charge on any atom is 0.305 e. The van der Waals surface area contributed by atoms with Gasteiger partial charge in [0.15, 0.2) is 0 Å². The van der Waals surface area contributed by atoms with Gasteiger partial charge in [-0.3, -0.25) is 4.79 Å². The van der Waals surface area contributed by atoms with Gasteiger partial charge in [0, 0.05) is 23.2 Å². The number of esters is 1. The number of hydrogen-bond donors (Lipinski definition) is 0. The van der Waals surface area contributed by atoms with Gasteiger partial charge in [0.05, 0.1) is 7.11 Å². The summed E-state index contributed by atoms with van der Waals surface area (Å²) in [6.07, 6.45) is 21.4. The van der Waals surface area contributed by atoms with Crippen LogP contribution in [-0.4, -0.2) is 13.1 Å². The standard InChI is InChI=1S/C45H46O2/c1-27-31(5)45-26-25-44(24-16-21-35(46)47-6,34-19-14-11-15-20-34)43(45)30(4)36-28(2)37-32-17-12-9-7-8-10-13-18-33(23-22-32)38-29(3)39(37)41(36)42(45)40(27)38/h10-15,17-20,43H,1-2,5,7-9,16,21-26H2,3-4,6H3/b13-10-,17-12-,33-18?,37-32-. The van der Waals surface area contributed by atoms with Crippen molar-refractivity contribution in [3.05, 3.63) is 142 Å². The molecule has 0 aliphatic heterocycles. The summed E-state index contributed by atoms with van der Waals surface area (Å²) in [5, 5.41) is 0. The number of rotatable bonds is 5. The number of benzene rings is 2. The molecule has 6 aliphatic carbocycles. The van der Waals surface area contributed by atoms with Gasteiger partial charge in [-0.25, -0.2) is 0 Å². The van der Waals surface area contributed by atoms with E-state index >= 15 is 0 Å². The highest BCUT2D eigenvalue weighted by Gasteiger charge is 2.66. The molecular weight excluding hydrogens is 572 g/mol. The number of carbonyl (C=O) groups excluding carboxylic acids is 1. The fourth-order valence-electron chi connectivity index (χ4n) is 10.9. The molecule has 1 spiro atoms. The summed E-state index contributed by atoms with van der Waals surface area (Å²) in [7, 11) is 1.50. The Kier molecular flexibility index (Phi) is 7.03. The topological polar surface area (TPSA) is 26.3 Å². The Balaban J connectivity index is 1.48. The maximum absolute atomic E-state index is 12.4. The summed E-state index contributed by atoms with van der Waals surface area (Å²) in [5.74, 6) is 0.0580. The molecule has 3 atom stereocenters. The number of carbonyl (C=O) groups is 1. The van der Waals surface area contributed by atoms with E-state index < -0.39 is 0 Å². The molecule has 0 saturated heterocycles. The summed E-state index contributed by atoms with van der Waals surface area (Å²) in [4.78, 5) is 12.4. The Hall–Kier alpha value is -4.17. The van der Waals surface area contributed by atoms with Gasteiger partial charge in [0.25, 0.3) is 0 Å². The average molecular weight is 619 g/mol. The van der Waals surface area contributed by atoms with Crippen molar-refractivity contribution >= 4 is 28.3 Å². The van der Waals surface area contributed by atoms with Crippen LogP contribution in [0, 0.1) is 12.8 Å². The van der Waals surface area contributed by atoms with Crippen molar-refractivity contribution in [1.82, 2.24) is 0 Å². The lowest BCUT2D eigenvalue weighted by molar-refractivity contribution is -0.140. The molecule has 2 aromatic rings. The van der Waals surface area contributed by atoms with E-state index in [1.54, 1.807) is 0 Å². The van der Waals surface area contributed by atoms with Crippen molar-refractivity contribution in [1.29, 1.82) is 0 Å². The molecule has 0 aromatic heterocycles. The van der Waals surface area contributed by atoms with Crippen LogP contribution >= 0.6 is 0 Å². The molecule has 0 radical (unpaired) electrons. The third-order valence-electron chi connectivity index (χ3n) is 12.7. The molecule has 4 bridgehead atoms. The van der Waals surface area contributed by atoms with Crippen molar-refractivity contribution < 1.29 is 9.53 Å². The highest BCUT2D eigenvalue weighted by Crippen LogP contribution is 2.75. The molecule has 8 rings (SSSR count). The van der Waals surface area contributed by atoms with Crippen LogP contribution in [-0.2, 0) is 20.4 Å². The Morgan fingerprint density at radius 2 is 1.70 bits per heavy atom. The zero-order chi connectivity index (χ0) is 32.7. The molecule has 47 heavy (non-hydrogen) atoms. The molecule has 6 aliphatic rings. The van der Waals surface area contributed by atoms with Crippen LogP contribution in [0.1, 0.15) is 110 Å². The van der Waals surface area contributed by atoms with Crippen LogP contribution < -0.4 is 0 Å². The fourth-order valence-corrected chi connectivity index (χ4v) is 10.9. The van der Waals surface area contributed by atoms with Crippen molar-refractivity contribution in [2.45, 2.75) is 88.9 Å². The van der Waals surface area contributed by atoms with Gasteiger partial charge in [0.2, 0.25) is 0 Å². The Morgan fingerprint density at radius 1 is 0.915 bits per heavy atom. The van der Waals surface area contributed by atoms with Crippen LogP contribution in [0.15, 0.2) is 103 Å². The second-order valence-corrected chi connectivity index (χ2v) is 14.7. The van der Waals surface area contributed by atoms with E-state index in [4.69, 9.17) is 24.5 Å². The van der Waals surface area contributed by atoms with E-state index in [-0.39, 0.29) is 22.7 Å². The fraction of sp³-hybridized carbons (Fsp3) is 0.356. The van der Waals surface area contributed by atoms with E-state index in [1.165, 1.54) is 85.1 Å². The molecular formula is C45H46O2. The minimum absolute atomic E-state index is 0.133. The average Bonchev–Trinajstić information content (AvgIpc) is 3.65. The first-order chi connectivity index (χ1) is 22.8. The lowest BCUT2D eigenvalue weighted by atomic mass is 9.54. The summed E-state index contributed by atoms with van der Waals surface area (Å²) in [6.45, 7) is 19.5. The monoisotopic (exact) mass is 618 g/mol. The third kappa shape index (κ3) is 3.94. The molecule has 0 N–H and O–H groups in total. The lowest BCUT2D eigenvalue weighted by Gasteiger charge is -2.48. The Bertz CT molecular complexity index is 1950. The normalized spacial score (nSPS) is 30.0. The maximum atomic E-state index is 12.4. The van der Waals surface area contributed by atoms with E-state index in [0.29, 0.717) is 6.42 Å². The molecule has 2 nitrogen and oxygen atoms in total. The number of methoxy groups -OCH3 is 1. The van der Waals surface area contributed by atoms with Crippen LogP contribution in [0.3, 0.4) is 0 Å². The Morgan fingerprint density at radius 3 is 2.49 bits per heavy atom. The third-order valence-corrected chi connectivity index (χ3v) is 12.7. The van der Waals surface area contributed by atoms with Crippen molar-refractivity contribution in [3.8, 4) is 0 Å². The Labute approximate surface area is 280 Å². The first kappa shape index (κ1) is 30.2. The molecule has 0 heterocycles. The predicted octanol–water partition coefficient (Wildman–Crippen LogP) is 11.1. The number of ether oxygens (including phenoxy) is 1. The van der Waals surface area contributed by atoms with Gasteiger partial charge in [-0.2, -0.15) is 0 Å². The zero-order valence-corrected chi connectivity index (χ0v) is 28.4. The highest BCUT2D eigenvalue weighted by molar-refractivity contribution is 6.16. The highest BCUT2D eigenvalue weighted by atomic mass is 16.5. The smallest absolute Gasteiger partial charge is 0.305 e. The van der Waals surface area contributed by atoms with E-state index in [9.17, 15) is 4.79 Å². The van der Waals surface area contributed by atoms with E-state index in [0.717, 1.165) is 63.4 Å². The number of allylic oxidation sites excluding steroid dienone is 13. The van der Waals surface area contributed by atoms with Crippen LogP contribution in [0.4, 0.5) is 0 Å². The molecule has 1 saturated carbocycles. The van der Waals surface area contributed by atoms with Crippen molar-refractivity contribution in [3.63, 3.8) is 0 Å². The van der Waals surface area contributed by atoms with Gasteiger partial charge in [0.1, 0.15) is 0 Å². The molecule has 3 unspecified atom stereocenters. The molecule has 2 aromatic carbocycles. The van der Waals surface area contributed by atoms with Crippen LogP contribution in [0.2, 0.25) is 0 Å². The van der Waals surface area contributed by atoms with E-state index in [2.05, 4.69) is 74.6 Å². The van der Waals surface area contributed by atoms with Crippen LogP contribution in [0.5, 0.6) is 0 Å². The molecule has 2 heteroatoms. The SMILES string of the molecule is C=C1C2=C(C)C3C(CCCC(=O)OC)(c4ccccc4)CCC34C(=C)C(=C)c3c5c(C)c(c2c34)/C1=C1/C=C\CCC/C=C\C=C5CC1. The summed E-state index contributed by atoms with van der Waals surface area (Å²) < 4.78 is 5.10. The summed E-state index contributed by atoms with van der Waals surface area (Å²) in [5.41, 5.74) is 19.9. The van der Waals surface area contributed by atoms with Crippen molar-refractivity contribution in [2.24, 2.45) is 5.92 Å². The van der Waals surface area contributed by atoms with Gasteiger partial charge < -0.3 is 4.74 Å². The number of fused-ring (bicyclic) bond motifs is 6. The minimum atomic E-state index is -0.245. The molecule has 238 valence electrons. The predicted molar refractivity (Wildman–Crippen MR) is 196 cm³/mol. The molecule has 1 fully saturated rings. The van der Waals surface area contributed by atoms with Gasteiger partial charge >= 0.3 is 5.97 Å². The minimum Gasteiger partial charge on any atom is -0.469 e. The van der Waals surface area contributed by atoms with Crippen molar-refractivity contribution in [2.75, 3.05) is 7.11 Å². The first-order valence-corrected chi connectivity index (χ1v) is 17.7. The largest absolute Gasteiger partial charge is 0.469 e. The summed E-state index contributed by atoms with van der Waals surface area (Å²) >= 11 is 0. The second-order valence-electron chi connectivity index (χ2n) is 14.7. The van der Waals surface area contributed by atoms with Gasteiger partial charge in [-0.15, -0.1) is 0 Å². The second kappa shape index (κ2) is 10.9. The van der Waals surface area contributed by atoms with E-state index in [1.807, 2.05) is 0 Å². The quantitative estimate of drug-likeness (QED) is 0.312. The van der Waals surface area contributed by atoms with Gasteiger partial charge in [-0.05, 0) is 150 Å².